The first kappa shape index (κ1) is 36.7. The van der Waals surface area contributed by atoms with Crippen molar-refractivity contribution in [2.45, 2.75) is 194 Å². The Morgan fingerprint density at radius 1 is 0.750 bits per heavy atom. The first-order valence-electron chi connectivity index (χ1n) is 18.6. The molecular formula is C39H72O3Si2. The Balaban J connectivity index is 1.65. The molecule has 4 saturated carbocycles. The van der Waals surface area contributed by atoms with E-state index < -0.39 is 22.2 Å². The van der Waals surface area contributed by atoms with Gasteiger partial charge in [-0.1, -0.05) is 74.7 Å². The summed E-state index contributed by atoms with van der Waals surface area (Å²) in [5.41, 5.74) is -0.454. The molecule has 0 radical (unpaired) electrons. The standard InChI is InChI=1S/C39H72O3Si2/c1-15-16-17-18-23-39(10,40)34-20-19-30-29-27-33(42-44(13,14)36(5,6)7)32-26-28(41-43(11,12)35(2,3)4)21-24-37(32,8)31(29)22-25-38(30,34)9/h28-34,40H,15-17,19-22,24-27H2,1-14H3/t28?,29-,30-,31-,32+,33?,34-,37+,38-,39?/m0/s1. The lowest BCUT2D eigenvalue weighted by atomic mass is 9.43. The first-order chi connectivity index (χ1) is 20.0. The van der Waals surface area contributed by atoms with Gasteiger partial charge in [-0.3, -0.25) is 0 Å². The normalized spacial score (nSPS) is 39.4. The van der Waals surface area contributed by atoms with Gasteiger partial charge in [0.1, 0.15) is 5.60 Å². The van der Waals surface area contributed by atoms with Crippen LogP contribution in [-0.2, 0) is 8.85 Å². The van der Waals surface area contributed by atoms with Crippen molar-refractivity contribution in [3.05, 3.63) is 0 Å². The monoisotopic (exact) mass is 645 g/mol. The van der Waals surface area contributed by atoms with E-state index in [4.69, 9.17) is 8.85 Å². The summed E-state index contributed by atoms with van der Waals surface area (Å²) >= 11 is 0. The molecule has 3 nitrogen and oxygen atoms in total. The lowest BCUT2D eigenvalue weighted by Gasteiger charge is -2.64. The highest BCUT2D eigenvalue weighted by Gasteiger charge is 2.65. The molecule has 44 heavy (non-hydrogen) atoms. The molecule has 4 fully saturated rings. The largest absolute Gasteiger partial charge is 0.414 e. The fraction of sp³-hybridized carbons (Fsp3) is 0.949. The van der Waals surface area contributed by atoms with Crippen LogP contribution in [0.3, 0.4) is 0 Å². The van der Waals surface area contributed by atoms with E-state index in [1.165, 1.54) is 38.5 Å². The van der Waals surface area contributed by atoms with Crippen LogP contribution in [0.15, 0.2) is 0 Å². The molecule has 5 heteroatoms. The van der Waals surface area contributed by atoms with E-state index in [1.54, 1.807) is 0 Å². The molecule has 1 N–H and O–H groups in total. The maximum absolute atomic E-state index is 11.8. The van der Waals surface area contributed by atoms with Gasteiger partial charge < -0.3 is 14.0 Å². The minimum atomic E-state index is -1.96. The molecule has 0 heterocycles. The van der Waals surface area contributed by atoms with Crippen LogP contribution in [-0.4, -0.2) is 39.6 Å². The van der Waals surface area contributed by atoms with Crippen molar-refractivity contribution in [1.29, 1.82) is 0 Å². The fourth-order valence-electron chi connectivity index (χ4n) is 10.1. The third-order valence-corrected chi connectivity index (χ3v) is 23.8. The molecular weight excluding hydrogens is 573 g/mol. The maximum atomic E-state index is 11.8. The van der Waals surface area contributed by atoms with E-state index >= 15 is 0 Å². The van der Waals surface area contributed by atoms with Crippen LogP contribution in [0.2, 0.25) is 36.3 Å². The highest BCUT2D eigenvalue weighted by molar-refractivity contribution is 6.74. The number of hydrogen-bond donors (Lipinski definition) is 1. The summed E-state index contributed by atoms with van der Waals surface area (Å²) in [6.45, 7) is 33.6. The van der Waals surface area contributed by atoms with Gasteiger partial charge in [0.2, 0.25) is 0 Å². The van der Waals surface area contributed by atoms with Crippen LogP contribution in [0.4, 0.5) is 0 Å². The van der Waals surface area contributed by atoms with Crippen molar-refractivity contribution >= 4 is 16.6 Å². The van der Waals surface area contributed by atoms with Crippen molar-refractivity contribution in [3.8, 4) is 11.8 Å². The average Bonchev–Trinajstić information content (AvgIpc) is 3.24. The SMILES string of the molecule is CCCCC#CC(C)(O)[C@H]1CC[C@H]2[C@@H]3CC(O[Si](C)(C)C(C)(C)C)[C@H]4CC(O[Si](C)(C)C(C)(C)C)CC[C@]4(C)[C@H]3CC[C@]12C. The predicted octanol–water partition coefficient (Wildman–Crippen LogP) is 11.0. The van der Waals surface area contributed by atoms with Crippen molar-refractivity contribution < 1.29 is 14.0 Å². The van der Waals surface area contributed by atoms with Crippen LogP contribution in [0.1, 0.15) is 140 Å². The third kappa shape index (κ3) is 6.74. The highest BCUT2D eigenvalue weighted by Crippen LogP contribution is 2.69. The Labute approximate surface area is 276 Å². The lowest BCUT2D eigenvalue weighted by Crippen LogP contribution is -2.61. The number of hydrogen-bond acceptors (Lipinski definition) is 3. The van der Waals surface area contributed by atoms with Crippen molar-refractivity contribution in [1.82, 2.24) is 0 Å². The van der Waals surface area contributed by atoms with Crippen molar-refractivity contribution in [2.24, 2.45) is 40.4 Å². The maximum Gasteiger partial charge on any atom is 0.192 e. The topological polar surface area (TPSA) is 38.7 Å². The molecule has 4 aliphatic carbocycles. The summed E-state index contributed by atoms with van der Waals surface area (Å²) in [6, 6.07) is 0. The zero-order valence-corrected chi connectivity index (χ0v) is 33.6. The predicted molar refractivity (Wildman–Crippen MR) is 193 cm³/mol. The average molecular weight is 645 g/mol. The number of unbranched alkanes of at least 4 members (excludes halogenated alkanes) is 2. The summed E-state index contributed by atoms with van der Waals surface area (Å²) in [5, 5.41) is 12.3. The highest BCUT2D eigenvalue weighted by atomic mass is 28.4. The van der Waals surface area contributed by atoms with Gasteiger partial charge in [0.15, 0.2) is 16.6 Å². The fourth-order valence-corrected chi connectivity index (χ4v) is 12.9. The molecule has 0 amide bonds. The molecule has 3 unspecified atom stereocenters. The molecule has 254 valence electrons. The molecule has 4 rings (SSSR count). The van der Waals surface area contributed by atoms with Gasteiger partial charge >= 0.3 is 0 Å². The van der Waals surface area contributed by atoms with Gasteiger partial charge in [-0.2, -0.15) is 0 Å². The third-order valence-electron chi connectivity index (χ3n) is 14.8. The summed E-state index contributed by atoms with van der Waals surface area (Å²) in [6.07, 6.45) is 13.5. The minimum Gasteiger partial charge on any atom is -0.414 e. The number of rotatable bonds is 7. The Bertz CT molecular complexity index is 1070. The summed E-state index contributed by atoms with van der Waals surface area (Å²) in [7, 11) is -3.81. The molecule has 4 aliphatic rings. The van der Waals surface area contributed by atoms with E-state index in [1.807, 2.05) is 6.92 Å². The zero-order valence-electron chi connectivity index (χ0n) is 31.6. The number of aliphatic hydroxyl groups is 1. The molecule has 0 bridgehead atoms. The van der Waals surface area contributed by atoms with Crippen LogP contribution in [0, 0.1) is 52.3 Å². The Morgan fingerprint density at radius 3 is 1.91 bits per heavy atom. The Hall–Kier alpha value is -0.126. The number of fused-ring (bicyclic) bond motifs is 5. The molecule has 10 atom stereocenters. The van der Waals surface area contributed by atoms with Gasteiger partial charge in [-0.05, 0) is 135 Å². The van der Waals surface area contributed by atoms with Gasteiger partial charge in [-0.15, -0.1) is 5.92 Å². The van der Waals surface area contributed by atoms with Gasteiger partial charge in [0, 0.05) is 24.5 Å². The second-order valence-electron chi connectivity index (χ2n) is 19.6. The summed E-state index contributed by atoms with van der Waals surface area (Å²) < 4.78 is 14.7. The van der Waals surface area contributed by atoms with Crippen molar-refractivity contribution in [2.75, 3.05) is 0 Å². The molecule has 0 aliphatic heterocycles. The van der Waals surface area contributed by atoms with Gasteiger partial charge in [-0.25, -0.2) is 0 Å². The Morgan fingerprint density at radius 2 is 1.32 bits per heavy atom. The molecule has 0 aromatic rings. The van der Waals surface area contributed by atoms with Crippen LogP contribution < -0.4 is 0 Å². The Kier molecular flexibility index (Phi) is 10.3. The smallest absolute Gasteiger partial charge is 0.192 e. The van der Waals surface area contributed by atoms with Gasteiger partial charge in [0.25, 0.3) is 0 Å². The molecule has 0 aromatic carbocycles. The summed E-state index contributed by atoms with van der Waals surface area (Å²) in [4.78, 5) is 0. The van der Waals surface area contributed by atoms with E-state index in [0.29, 0.717) is 35.4 Å². The minimum absolute atomic E-state index is 0.150. The van der Waals surface area contributed by atoms with Gasteiger partial charge in [0.05, 0.1) is 0 Å². The van der Waals surface area contributed by atoms with Crippen LogP contribution in [0.25, 0.3) is 0 Å². The quantitative estimate of drug-likeness (QED) is 0.170. The van der Waals surface area contributed by atoms with E-state index in [0.717, 1.165) is 38.0 Å². The van der Waals surface area contributed by atoms with E-state index in [2.05, 4.69) is 100 Å². The molecule has 0 aromatic heterocycles. The second kappa shape index (κ2) is 12.4. The van der Waals surface area contributed by atoms with Crippen molar-refractivity contribution in [3.63, 3.8) is 0 Å². The zero-order chi connectivity index (χ0) is 33.1. The second-order valence-corrected chi connectivity index (χ2v) is 29.2. The first-order valence-corrected chi connectivity index (χ1v) is 24.4. The van der Waals surface area contributed by atoms with E-state index in [-0.39, 0.29) is 21.4 Å². The van der Waals surface area contributed by atoms with Crippen LogP contribution >= 0.6 is 0 Å². The summed E-state index contributed by atoms with van der Waals surface area (Å²) in [5.74, 6) is 9.65. The van der Waals surface area contributed by atoms with Crippen LogP contribution in [0.5, 0.6) is 0 Å². The van der Waals surface area contributed by atoms with E-state index in [9.17, 15) is 5.11 Å². The lowest BCUT2D eigenvalue weighted by molar-refractivity contribution is -0.171. The molecule has 0 saturated heterocycles. The molecule has 0 spiro atoms.